The van der Waals surface area contributed by atoms with Gasteiger partial charge in [-0.25, -0.2) is 0 Å². The van der Waals surface area contributed by atoms with Gasteiger partial charge in [0.15, 0.2) is 0 Å². The van der Waals surface area contributed by atoms with Gasteiger partial charge < -0.3 is 9.30 Å². The van der Waals surface area contributed by atoms with Gasteiger partial charge in [-0.3, -0.25) is 0 Å². The van der Waals surface area contributed by atoms with Gasteiger partial charge in [0.05, 0.1) is 10.4 Å². The number of nitrogens with zero attached hydrogens (tertiary/aromatic N) is 1. The smallest absolute Gasteiger partial charge is 0.143 e. The summed E-state index contributed by atoms with van der Waals surface area (Å²) in [4.78, 5) is 2.35. The van der Waals surface area contributed by atoms with E-state index in [0.29, 0.717) is 5.92 Å². The predicted octanol–water partition coefficient (Wildman–Crippen LogP) is 9.30. The Hall–Kier alpha value is -3.17. The van der Waals surface area contributed by atoms with E-state index >= 15 is 0 Å². The van der Waals surface area contributed by atoms with Crippen LogP contribution in [0.15, 0.2) is 88.9 Å². The van der Waals surface area contributed by atoms with Crippen LogP contribution in [0, 0.1) is 6.92 Å². The second-order valence-corrected chi connectivity index (χ2v) is 12.0. The lowest BCUT2D eigenvalue weighted by Gasteiger charge is -2.30. The van der Waals surface area contributed by atoms with Crippen molar-refractivity contribution in [2.75, 3.05) is 0 Å². The summed E-state index contributed by atoms with van der Waals surface area (Å²) in [7, 11) is 2.19. The number of benzene rings is 3. The van der Waals surface area contributed by atoms with Crippen LogP contribution in [-0.2, 0) is 12.5 Å². The van der Waals surface area contributed by atoms with Crippen molar-refractivity contribution < 1.29 is 4.74 Å². The number of thioether (sulfide) groups is 1. The minimum absolute atomic E-state index is 0.0699. The Labute approximate surface area is 218 Å². The van der Waals surface area contributed by atoms with E-state index in [-0.39, 0.29) is 5.41 Å². The summed E-state index contributed by atoms with van der Waals surface area (Å²) in [6.45, 7) is 12.9. The van der Waals surface area contributed by atoms with Crippen LogP contribution in [0.1, 0.15) is 61.8 Å². The number of ether oxygens (including phenoxy) is 1. The van der Waals surface area contributed by atoms with Crippen LogP contribution in [0.5, 0.6) is 5.75 Å². The summed E-state index contributed by atoms with van der Waals surface area (Å²) in [5.74, 6) is 2.49. The molecular formula is C33H33NOS. The maximum absolute atomic E-state index is 6.34. The average Bonchev–Trinajstić information content (AvgIpc) is 3.67. The fourth-order valence-corrected chi connectivity index (χ4v) is 6.75. The molecule has 36 heavy (non-hydrogen) atoms. The van der Waals surface area contributed by atoms with E-state index in [1.54, 1.807) is 17.8 Å². The fraction of sp³-hybridized carbons (Fsp3) is 0.273. The summed E-state index contributed by atoms with van der Waals surface area (Å²) in [6.07, 6.45) is 8.28. The maximum atomic E-state index is 6.34. The first kappa shape index (κ1) is 23.2. The molecule has 4 aromatic rings. The molecule has 182 valence electrons. The van der Waals surface area contributed by atoms with Crippen molar-refractivity contribution in [3.8, 4) is 5.75 Å². The van der Waals surface area contributed by atoms with Crippen molar-refractivity contribution in [2.45, 2.75) is 56.8 Å². The number of rotatable bonds is 5. The first-order valence-corrected chi connectivity index (χ1v) is 13.6. The average molecular weight is 492 g/mol. The second-order valence-electron chi connectivity index (χ2n) is 10.8. The van der Waals surface area contributed by atoms with Crippen LogP contribution < -0.4 is 4.74 Å². The van der Waals surface area contributed by atoms with Crippen LogP contribution in [0.25, 0.3) is 21.8 Å². The summed E-state index contributed by atoms with van der Waals surface area (Å²) in [6, 6.07) is 18.4. The molecule has 1 fully saturated rings. The summed E-state index contributed by atoms with van der Waals surface area (Å²) in [5.41, 5.74) is 8.18. The Kier molecular flexibility index (Phi) is 5.46. The Morgan fingerprint density at radius 1 is 1.00 bits per heavy atom. The monoisotopic (exact) mass is 491 g/mol. The largest absolute Gasteiger partial charge is 0.455 e. The van der Waals surface area contributed by atoms with Crippen molar-refractivity contribution >= 4 is 33.6 Å². The highest BCUT2D eigenvalue weighted by Crippen LogP contribution is 2.50. The summed E-state index contributed by atoms with van der Waals surface area (Å²) >= 11 is 1.79. The van der Waals surface area contributed by atoms with Crippen molar-refractivity contribution in [1.82, 2.24) is 4.57 Å². The van der Waals surface area contributed by atoms with Crippen molar-refractivity contribution in [1.29, 1.82) is 0 Å². The molecule has 0 amide bonds. The van der Waals surface area contributed by atoms with E-state index in [1.807, 2.05) is 12.2 Å². The highest BCUT2D eigenvalue weighted by Gasteiger charge is 2.34. The van der Waals surface area contributed by atoms with E-state index in [2.05, 4.69) is 94.4 Å². The first-order chi connectivity index (χ1) is 17.3. The normalized spacial score (nSPS) is 16.1. The summed E-state index contributed by atoms with van der Waals surface area (Å²) in [5, 5.41) is 2.66. The van der Waals surface area contributed by atoms with E-state index < -0.39 is 0 Å². The molecule has 6 rings (SSSR count). The molecule has 0 atom stereocenters. The molecule has 0 N–H and O–H groups in total. The lowest BCUT2D eigenvalue weighted by molar-refractivity contribution is 0.428. The second kappa shape index (κ2) is 8.45. The van der Waals surface area contributed by atoms with Gasteiger partial charge in [-0.2, -0.15) is 0 Å². The van der Waals surface area contributed by atoms with Gasteiger partial charge in [0.25, 0.3) is 0 Å². The van der Waals surface area contributed by atoms with Crippen molar-refractivity contribution in [2.24, 2.45) is 7.05 Å². The molecule has 0 spiro atoms. The third-order valence-corrected chi connectivity index (χ3v) is 9.01. The van der Waals surface area contributed by atoms with Crippen LogP contribution >= 0.6 is 11.8 Å². The van der Waals surface area contributed by atoms with Crippen LogP contribution in [0.4, 0.5) is 0 Å². The van der Waals surface area contributed by atoms with Crippen molar-refractivity contribution in [3.05, 3.63) is 106 Å². The Morgan fingerprint density at radius 3 is 2.44 bits per heavy atom. The van der Waals surface area contributed by atoms with Gasteiger partial charge in [0, 0.05) is 39.7 Å². The number of allylic oxidation sites excluding steroid dienone is 4. The van der Waals surface area contributed by atoms with Crippen LogP contribution in [0.3, 0.4) is 0 Å². The third-order valence-electron chi connectivity index (χ3n) is 7.97. The molecule has 2 heterocycles. The fourth-order valence-electron chi connectivity index (χ4n) is 5.83. The molecule has 1 saturated carbocycles. The van der Waals surface area contributed by atoms with E-state index in [9.17, 15) is 0 Å². The minimum atomic E-state index is -0.0699. The molecule has 0 bridgehead atoms. The van der Waals surface area contributed by atoms with Gasteiger partial charge in [-0.15, -0.1) is 0 Å². The molecular weight excluding hydrogens is 458 g/mol. The Balaban J connectivity index is 1.56. The zero-order valence-corrected chi connectivity index (χ0v) is 22.6. The predicted molar refractivity (Wildman–Crippen MR) is 154 cm³/mol. The molecule has 1 aliphatic carbocycles. The zero-order valence-electron chi connectivity index (χ0n) is 21.8. The van der Waals surface area contributed by atoms with Crippen LogP contribution in [0.2, 0.25) is 0 Å². The molecule has 0 radical (unpaired) electrons. The molecule has 3 heteroatoms. The standard InChI is InChI=1S/C33H33NOS/c1-7-8-13-30-21(3)36-32-17-25-24-16-23(22-14-15-22)27(33(4,5)26-12-10-9-11-20(26)2)18-28(24)34(6)29(25)19-31(32)35-30/h7-13,16-19,22H,1,14-15H2,2-6H3/b13-8-. The molecule has 0 saturated heterocycles. The number of aromatic nitrogens is 1. The van der Waals surface area contributed by atoms with E-state index in [1.165, 1.54) is 66.7 Å². The Morgan fingerprint density at radius 2 is 1.72 bits per heavy atom. The topological polar surface area (TPSA) is 14.2 Å². The number of hydrogen-bond acceptors (Lipinski definition) is 2. The van der Waals surface area contributed by atoms with Crippen LogP contribution in [-0.4, -0.2) is 4.57 Å². The quantitative estimate of drug-likeness (QED) is 0.258. The maximum Gasteiger partial charge on any atom is 0.143 e. The molecule has 1 aliphatic heterocycles. The lowest BCUT2D eigenvalue weighted by Crippen LogP contribution is -2.22. The number of hydrogen-bond donors (Lipinski definition) is 0. The molecule has 2 nitrogen and oxygen atoms in total. The zero-order chi connectivity index (χ0) is 25.2. The van der Waals surface area contributed by atoms with Gasteiger partial charge >= 0.3 is 0 Å². The molecule has 0 unspecified atom stereocenters. The number of aryl methyl sites for hydroxylation is 2. The lowest BCUT2D eigenvalue weighted by atomic mass is 9.73. The summed E-state index contributed by atoms with van der Waals surface area (Å²) < 4.78 is 8.68. The van der Waals surface area contributed by atoms with Gasteiger partial charge in [0.1, 0.15) is 11.5 Å². The van der Waals surface area contributed by atoms with Gasteiger partial charge in [-0.05, 0) is 79.1 Å². The Bertz CT molecular complexity index is 1610. The van der Waals surface area contributed by atoms with Gasteiger partial charge in [-0.1, -0.05) is 68.6 Å². The SMILES string of the molecule is C=C/C=C\C1=C(C)Sc2cc3c4cc(C5CC5)c(C(C)(C)c5ccccc5C)cc4n(C)c3cc2O1. The molecule has 3 aromatic carbocycles. The van der Waals surface area contributed by atoms with E-state index in [4.69, 9.17) is 4.74 Å². The number of fused-ring (bicyclic) bond motifs is 4. The van der Waals surface area contributed by atoms with E-state index in [0.717, 1.165) is 11.5 Å². The molecule has 1 aromatic heterocycles. The van der Waals surface area contributed by atoms with Gasteiger partial charge in [0.2, 0.25) is 0 Å². The highest BCUT2D eigenvalue weighted by molar-refractivity contribution is 8.03. The first-order valence-electron chi connectivity index (χ1n) is 12.8. The highest BCUT2D eigenvalue weighted by atomic mass is 32.2. The minimum Gasteiger partial charge on any atom is -0.455 e. The van der Waals surface area contributed by atoms with Crippen molar-refractivity contribution in [3.63, 3.8) is 0 Å². The molecule has 2 aliphatic rings. The third kappa shape index (κ3) is 3.64.